The van der Waals surface area contributed by atoms with Crippen LogP contribution in [-0.2, 0) is 4.79 Å². The van der Waals surface area contributed by atoms with Gasteiger partial charge in [-0.3, -0.25) is 14.5 Å². The Kier molecular flexibility index (Phi) is 5.88. The van der Waals surface area contributed by atoms with Gasteiger partial charge in [-0.25, -0.2) is 4.98 Å². The van der Waals surface area contributed by atoms with Crippen LogP contribution in [0.5, 0.6) is 0 Å². The van der Waals surface area contributed by atoms with Gasteiger partial charge in [0.25, 0.3) is 5.56 Å². The van der Waals surface area contributed by atoms with Gasteiger partial charge in [0.2, 0.25) is 0 Å². The summed E-state index contributed by atoms with van der Waals surface area (Å²) < 4.78 is 2.03. The lowest BCUT2D eigenvalue weighted by molar-refractivity contribution is -0.142. The normalized spacial score (nSPS) is 34.5. The molecule has 38 heavy (non-hydrogen) atoms. The van der Waals surface area contributed by atoms with Crippen molar-refractivity contribution in [3.8, 4) is 0 Å². The minimum atomic E-state index is -0.795. The summed E-state index contributed by atoms with van der Waals surface area (Å²) >= 11 is 0. The number of para-hydroxylation sites is 2. The fourth-order valence-electron chi connectivity index (χ4n) is 9.17. The summed E-state index contributed by atoms with van der Waals surface area (Å²) in [5.74, 6) is 1.97. The zero-order valence-corrected chi connectivity index (χ0v) is 22.9. The summed E-state index contributed by atoms with van der Waals surface area (Å²) in [6.45, 7) is 6.95. The van der Waals surface area contributed by atoms with E-state index < -0.39 is 11.9 Å². The number of benzene rings is 1. The van der Waals surface area contributed by atoms with E-state index in [0.29, 0.717) is 36.4 Å². The molecular weight excluding hydrogens is 476 g/mol. The molecule has 5 unspecified atom stereocenters. The summed E-state index contributed by atoms with van der Waals surface area (Å²) in [6, 6.07) is 9.23. The Morgan fingerprint density at radius 3 is 2.45 bits per heavy atom. The van der Waals surface area contributed by atoms with Crippen molar-refractivity contribution in [2.24, 2.45) is 29.1 Å². The van der Waals surface area contributed by atoms with Gasteiger partial charge in [-0.2, -0.15) is 0 Å². The van der Waals surface area contributed by atoms with E-state index >= 15 is 0 Å². The standard InChI is InChI=1S/C31H42N4O3/c1-31(2)21-11-10-19(25(31)14-21)12-13-34-22-6-5-7-23(34)16-24(15-22)35-27-9-4-3-8-26(27)32-28(29(35)36)33-17-20(18-33)30(37)38/h3-4,8-9,19-25H,5-7,10-18H2,1-2H3,(H,37,38). The summed E-state index contributed by atoms with van der Waals surface area (Å²) in [4.78, 5) is 34.7. The van der Waals surface area contributed by atoms with Crippen LogP contribution in [0, 0.1) is 29.1 Å². The van der Waals surface area contributed by atoms with Crippen molar-refractivity contribution in [2.75, 3.05) is 24.5 Å². The number of carboxylic acid groups (broad SMARTS) is 1. The van der Waals surface area contributed by atoms with Crippen LogP contribution in [0.15, 0.2) is 29.1 Å². The molecular formula is C31H42N4O3. The van der Waals surface area contributed by atoms with E-state index in [1.165, 1.54) is 51.5 Å². The Morgan fingerprint density at radius 1 is 1.03 bits per heavy atom. The van der Waals surface area contributed by atoms with Gasteiger partial charge in [-0.05, 0) is 93.2 Å². The zero-order valence-electron chi connectivity index (χ0n) is 22.9. The number of carboxylic acids is 1. The number of nitrogens with zero attached hydrogens (tertiary/aromatic N) is 4. The van der Waals surface area contributed by atoms with Crippen LogP contribution in [0.2, 0.25) is 0 Å². The highest BCUT2D eigenvalue weighted by atomic mass is 16.4. The van der Waals surface area contributed by atoms with Gasteiger partial charge in [0.15, 0.2) is 5.82 Å². The smallest absolute Gasteiger partial charge is 0.310 e. The lowest BCUT2D eigenvalue weighted by Crippen LogP contribution is -2.56. The molecule has 1 aromatic heterocycles. The van der Waals surface area contributed by atoms with Gasteiger partial charge in [0.05, 0.1) is 17.0 Å². The molecule has 4 bridgehead atoms. The Morgan fingerprint density at radius 2 is 1.76 bits per heavy atom. The lowest BCUT2D eigenvalue weighted by Gasteiger charge is -2.60. The molecule has 7 heteroatoms. The number of fused-ring (bicyclic) bond motifs is 5. The molecule has 1 aromatic carbocycles. The van der Waals surface area contributed by atoms with E-state index in [9.17, 15) is 14.7 Å². The van der Waals surface area contributed by atoms with Gasteiger partial charge >= 0.3 is 5.97 Å². The Bertz CT molecular complexity index is 1280. The minimum absolute atomic E-state index is 0.0481. The molecule has 3 aliphatic carbocycles. The Hall–Kier alpha value is -2.41. The number of hydrogen-bond acceptors (Lipinski definition) is 5. The van der Waals surface area contributed by atoms with Crippen LogP contribution in [0.25, 0.3) is 11.0 Å². The highest BCUT2D eigenvalue weighted by Gasteiger charge is 2.54. The van der Waals surface area contributed by atoms with E-state index in [0.717, 1.165) is 41.6 Å². The van der Waals surface area contributed by atoms with Crippen LogP contribution >= 0.6 is 0 Å². The Balaban J connectivity index is 1.13. The first-order valence-corrected chi connectivity index (χ1v) is 15.1. The number of carbonyl (C=O) groups is 1. The molecule has 2 aromatic rings. The molecule has 7 nitrogen and oxygen atoms in total. The van der Waals surface area contributed by atoms with Gasteiger partial charge in [-0.1, -0.05) is 32.4 Å². The fraction of sp³-hybridized carbons (Fsp3) is 0.710. The van der Waals surface area contributed by atoms with Crippen LogP contribution in [0.4, 0.5) is 5.82 Å². The largest absolute Gasteiger partial charge is 0.481 e. The molecule has 0 amide bonds. The van der Waals surface area contributed by atoms with E-state index in [1.54, 1.807) is 0 Å². The van der Waals surface area contributed by atoms with E-state index in [1.807, 2.05) is 33.7 Å². The topological polar surface area (TPSA) is 78.7 Å². The van der Waals surface area contributed by atoms with Crippen molar-refractivity contribution < 1.29 is 9.90 Å². The number of rotatable bonds is 6. The molecule has 0 radical (unpaired) electrons. The monoisotopic (exact) mass is 518 g/mol. The third kappa shape index (κ3) is 3.82. The van der Waals surface area contributed by atoms with E-state index in [-0.39, 0.29) is 11.6 Å². The van der Waals surface area contributed by atoms with Crippen LogP contribution in [0.3, 0.4) is 0 Å². The molecule has 6 fully saturated rings. The number of aliphatic carboxylic acids is 1. The van der Waals surface area contributed by atoms with Crippen LogP contribution in [-0.4, -0.2) is 57.2 Å². The number of aromatic nitrogens is 2. The van der Waals surface area contributed by atoms with Crippen molar-refractivity contribution in [2.45, 2.75) is 89.8 Å². The zero-order chi connectivity index (χ0) is 26.2. The van der Waals surface area contributed by atoms with Crippen LogP contribution < -0.4 is 10.5 Å². The average molecular weight is 519 g/mol. The Labute approximate surface area is 225 Å². The fourth-order valence-corrected chi connectivity index (χ4v) is 9.17. The van der Waals surface area contributed by atoms with Crippen molar-refractivity contribution in [3.05, 3.63) is 34.6 Å². The molecule has 5 atom stereocenters. The summed E-state index contributed by atoms with van der Waals surface area (Å²) in [7, 11) is 0. The molecule has 1 N–H and O–H groups in total. The molecule has 4 heterocycles. The highest BCUT2D eigenvalue weighted by molar-refractivity contribution is 5.78. The predicted octanol–water partition coefficient (Wildman–Crippen LogP) is 4.94. The second-order valence-corrected chi connectivity index (χ2v) is 13.6. The van der Waals surface area contributed by atoms with E-state index in [2.05, 4.69) is 18.7 Å². The van der Waals surface area contributed by atoms with Crippen molar-refractivity contribution in [1.29, 1.82) is 0 Å². The lowest BCUT2D eigenvalue weighted by atomic mass is 9.45. The maximum atomic E-state index is 13.9. The SMILES string of the molecule is CC1(C)C2CCC(CCN3C4CCCC3CC(n3c(=O)c(N5CC(C(=O)O)C5)nc5ccccc53)C4)C1C2. The average Bonchev–Trinajstić information content (AvgIpc) is 2.86. The molecule has 8 rings (SSSR count). The number of anilines is 1. The summed E-state index contributed by atoms with van der Waals surface area (Å²) in [5, 5.41) is 9.35. The third-order valence-electron chi connectivity index (χ3n) is 11.5. The van der Waals surface area contributed by atoms with Gasteiger partial charge < -0.3 is 14.6 Å². The maximum absolute atomic E-state index is 13.9. The third-order valence-corrected chi connectivity index (χ3v) is 11.5. The first-order valence-electron chi connectivity index (χ1n) is 15.1. The molecule has 3 saturated heterocycles. The van der Waals surface area contributed by atoms with Gasteiger partial charge in [-0.15, -0.1) is 0 Å². The predicted molar refractivity (Wildman–Crippen MR) is 148 cm³/mol. The highest BCUT2D eigenvalue weighted by Crippen LogP contribution is 2.62. The first kappa shape index (κ1) is 24.6. The minimum Gasteiger partial charge on any atom is -0.481 e. The molecule has 204 valence electrons. The maximum Gasteiger partial charge on any atom is 0.310 e. The quantitative estimate of drug-likeness (QED) is 0.584. The van der Waals surface area contributed by atoms with Crippen molar-refractivity contribution in [3.63, 3.8) is 0 Å². The molecule has 3 aliphatic heterocycles. The molecule has 3 saturated carbocycles. The second kappa shape index (κ2) is 9.07. The first-order chi connectivity index (χ1) is 18.3. The summed E-state index contributed by atoms with van der Waals surface area (Å²) in [5.41, 5.74) is 2.24. The molecule has 6 aliphatic rings. The van der Waals surface area contributed by atoms with Crippen molar-refractivity contribution in [1.82, 2.24) is 14.5 Å². The van der Waals surface area contributed by atoms with Crippen molar-refractivity contribution >= 4 is 22.8 Å². The second-order valence-electron chi connectivity index (χ2n) is 13.6. The van der Waals surface area contributed by atoms with Gasteiger partial charge in [0, 0.05) is 31.2 Å². The van der Waals surface area contributed by atoms with E-state index in [4.69, 9.17) is 4.98 Å². The van der Waals surface area contributed by atoms with Gasteiger partial charge in [0.1, 0.15) is 0 Å². The molecule has 0 spiro atoms. The number of hydrogen-bond donors (Lipinski definition) is 1. The van der Waals surface area contributed by atoms with Crippen LogP contribution in [0.1, 0.15) is 77.7 Å². The summed E-state index contributed by atoms with van der Waals surface area (Å²) in [6.07, 6.45) is 11.4. The number of piperidine rings is 2.